The Kier molecular flexibility index (Phi) is 3.43. The van der Waals surface area contributed by atoms with Gasteiger partial charge in [-0.25, -0.2) is 0 Å². The minimum Gasteiger partial charge on any atom is -0.371 e. The molecule has 1 atom stereocenters. The Morgan fingerprint density at radius 3 is 2.35 bits per heavy atom. The van der Waals surface area contributed by atoms with Gasteiger partial charge in [-0.1, -0.05) is 32.9 Å². The molecular formula is C15H24N2. The number of nitrogens with two attached hydrogens (primary N) is 1. The molecule has 1 saturated heterocycles. The lowest BCUT2D eigenvalue weighted by Gasteiger charge is -2.22. The monoisotopic (exact) mass is 232 g/mol. The molecule has 1 aliphatic heterocycles. The van der Waals surface area contributed by atoms with Crippen LogP contribution in [0.4, 0.5) is 5.69 Å². The summed E-state index contributed by atoms with van der Waals surface area (Å²) in [4.78, 5) is 2.45. The molecule has 2 rings (SSSR count). The predicted molar refractivity (Wildman–Crippen MR) is 74.5 cm³/mol. The molecule has 0 radical (unpaired) electrons. The van der Waals surface area contributed by atoms with Gasteiger partial charge in [0.2, 0.25) is 0 Å². The largest absolute Gasteiger partial charge is 0.371 e. The second-order valence-electron chi connectivity index (χ2n) is 6.13. The fraction of sp³-hybridized carbons (Fsp3) is 0.600. The third-order valence-corrected chi connectivity index (χ3v) is 3.72. The summed E-state index contributed by atoms with van der Waals surface area (Å²) in [6.45, 7) is 9.84. The normalized spacial score (nSPS) is 20.9. The van der Waals surface area contributed by atoms with Gasteiger partial charge in [0.15, 0.2) is 0 Å². The topological polar surface area (TPSA) is 29.3 Å². The number of hydrogen-bond donors (Lipinski definition) is 1. The van der Waals surface area contributed by atoms with Crippen molar-refractivity contribution in [2.45, 2.75) is 32.6 Å². The molecule has 2 nitrogen and oxygen atoms in total. The van der Waals surface area contributed by atoms with Crippen LogP contribution in [-0.2, 0) is 5.41 Å². The average Bonchev–Trinajstić information content (AvgIpc) is 2.76. The molecule has 2 N–H and O–H groups in total. The van der Waals surface area contributed by atoms with Gasteiger partial charge in [0.1, 0.15) is 0 Å². The van der Waals surface area contributed by atoms with Crippen molar-refractivity contribution in [1.82, 2.24) is 0 Å². The first kappa shape index (κ1) is 12.4. The molecule has 0 aromatic heterocycles. The van der Waals surface area contributed by atoms with Gasteiger partial charge in [-0.05, 0) is 42.0 Å². The highest BCUT2D eigenvalue weighted by atomic mass is 15.2. The Morgan fingerprint density at radius 1 is 1.24 bits per heavy atom. The Labute approximate surface area is 105 Å². The van der Waals surface area contributed by atoms with Gasteiger partial charge in [-0.2, -0.15) is 0 Å². The Morgan fingerprint density at radius 2 is 1.88 bits per heavy atom. The molecule has 0 bridgehead atoms. The van der Waals surface area contributed by atoms with Gasteiger partial charge in [-0.3, -0.25) is 0 Å². The van der Waals surface area contributed by atoms with E-state index < -0.39 is 0 Å². The zero-order chi connectivity index (χ0) is 12.5. The molecule has 1 fully saturated rings. The molecule has 0 aliphatic carbocycles. The first-order chi connectivity index (χ1) is 8.00. The second-order valence-corrected chi connectivity index (χ2v) is 6.13. The van der Waals surface area contributed by atoms with E-state index in [1.54, 1.807) is 0 Å². The highest BCUT2D eigenvalue weighted by Gasteiger charge is 2.21. The summed E-state index contributed by atoms with van der Waals surface area (Å²) in [6, 6.07) is 9.01. The van der Waals surface area contributed by atoms with E-state index in [9.17, 15) is 0 Å². The van der Waals surface area contributed by atoms with E-state index >= 15 is 0 Å². The maximum Gasteiger partial charge on any atom is 0.0366 e. The van der Waals surface area contributed by atoms with E-state index in [4.69, 9.17) is 5.73 Å². The summed E-state index contributed by atoms with van der Waals surface area (Å²) in [6.07, 6.45) is 1.23. The van der Waals surface area contributed by atoms with Crippen molar-refractivity contribution >= 4 is 5.69 Å². The van der Waals surface area contributed by atoms with Crippen molar-refractivity contribution in [3.8, 4) is 0 Å². The highest BCUT2D eigenvalue weighted by molar-refractivity contribution is 5.49. The lowest BCUT2D eigenvalue weighted by atomic mass is 9.87. The van der Waals surface area contributed by atoms with Crippen LogP contribution < -0.4 is 10.6 Å². The molecule has 1 aliphatic rings. The van der Waals surface area contributed by atoms with E-state index in [0.717, 1.165) is 19.6 Å². The van der Waals surface area contributed by atoms with Crippen molar-refractivity contribution in [2.75, 3.05) is 24.5 Å². The van der Waals surface area contributed by atoms with Crippen LogP contribution in [-0.4, -0.2) is 19.6 Å². The minimum atomic E-state index is 0.239. The van der Waals surface area contributed by atoms with Crippen molar-refractivity contribution in [3.63, 3.8) is 0 Å². The maximum atomic E-state index is 5.73. The van der Waals surface area contributed by atoms with Crippen molar-refractivity contribution in [1.29, 1.82) is 0 Å². The van der Waals surface area contributed by atoms with Gasteiger partial charge in [0.25, 0.3) is 0 Å². The average molecular weight is 232 g/mol. The molecular weight excluding hydrogens is 208 g/mol. The van der Waals surface area contributed by atoms with Crippen molar-refractivity contribution in [3.05, 3.63) is 29.8 Å². The lowest BCUT2D eigenvalue weighted by Crippen LogP contribution is -2.22. The van der Waals surface area contributed by atoms with Crippen molar-refractivity contribution < 1.29 is 0 Å². The van der Waals surface area contributed by atoms with Gasteiger partial charge in [0.05, 0.1) is 0 Å². The lowest BCUT2D eigenvalue weighted by molar-refractivity contribution is 0.590. The van der Waals surface area contributed by atoms with Gasteiger partial charge >= 0.3 is 0 Å². The number of nitrogens with zero attached hydrogens (tertiary/aromatic N) is 1. The molecule has 0 spiro atoms. The van der Waals surface area contributed by atoms with Crippen LogP contribution >= 0.6 is 0 Å². The van der Waals surface area contributed by atoms with Crippen LogP contribution in [0.1, 0.15) is 32.8 Å². The van der Waals surface area contributed by atoms with E-state index in [1.807, 2.05) is 0 Å². The van der Waals surface area contributed by atoms with Crippen LogP contribution in [0.15, 0.2) is 24.3 Å². The smallest absolute Gasteiger partial charge is 0.0366 e. The van der Waals surface area contributed by atoms with Crippen LogP contribution in [0.2, 0.25) is 0 Å². The highest BCUT2D eigenvalue weighted by Crippen LogP contribution is 2.27. The van der Waals surface area contributed by atoms with Gasteiger partial charge in [-0.15, -0.1) is 0 Å². The van der Waals surface area contributed by atoms with E-state index in [2.05, 4.69) is 49.9 Å². The summed E-state index contributed by atoms with van der Waals surface area (Å²) < 4.78 is 0. The quantitative estimate of drug-likeness (QED) is 0.849. The molecule has 1 aromatic carbocycles. The summed E-state index contributed by atoms with van der Waals surface area (Å²) >= 11 is 0. The summed E-state index contributed by atoms with van der Waals surface area (Å²) in [7, 11) is 0. The summed E-state index contributed by atoms with van der Waals surface area (Å²) in [5.41, 5.74) is 8.71. The number of rotatable bonds is 2. The molecule has 1 heterocycles. The van der Waals surface area contributed by atoms with Crippen LogP contribution in [0, 0.1) is 5.92 Å². The zero-order valence-electron chi connectivity index (χ0n) is 11.2. The molecule has 94 valence electrons. The van der Waals surface area contributed by atoms with Gasteiger partial charge < -0.3 is 10.6 Å². The van der Waals surface area contributed by atoms with E-state index in [-0.39, 0.29) is 5.41 Å². The molecule has 17 heavy (non-hydrogen) atoms. The molecule has 0 saturated carbocycles. The summed E-state index contributed by atoms with van der Waals surface area (Å²) in [5.74, 6) is 0.678. The van der Waals surface area contributed by atoms with E-state index in [0.29, 0.717) is 5.92 Å². The predicted octanol–water partition coefficient (Wildman–Crippen LogP) is 2.77. The Balaban J connectivity index is 2.09. The molecule has 0 amide bonds. The van der Waals surface area contributed by atoms with Crippen LogP contribution in [0.25, 0.3) is 0 Å². The first-order valence-electron chi connectivity index (χ1n) is 6.56. The Hall–Kier alpha value is -1.02. The van der Waals surface area contributed by atoms with Crippen molar-refractivity contribution in [2.24, 2.45) is 11.7 Å². The third kappa shape index (κ3) is 2.81. The molecule has 1 aromatic rings. The first-order valence-corrected chi connectivity index (χ1v) is 6.56. The number of benzene rings is 1. The Bertz CT molecular complexity index is 362. The number of anilines is 1. The van der Waals surface area contributed by atoms with Gasteiger partial charge in [0, 0.05) is 18.8 Å². The van der Waals surface area contributed by atoms with Crippen LogP contribution in [0.3, 0.4) is 0 Å². The number of hydrogen-bond acceptors (Lipinski definition) is 2. The summed E-state index contributed by atoms with van der Waals surface area (Å²) in [5, 5.41) is 0. The standard InChI is InChI=1S/C15H24N2/c1-15(2,3)13-4-6-14(7-5-13)17-9-8-12(10-16)11-17/h4-7,12H,8-11,16H2,1-3H3. The fourth-order valence-electron chi connectivity index (χ4n) is 2.43. The molecule has 2 heteroatoms. The minimum absolute atomic E-state index is 0.239. The second kappa shape index (κ2) is 4.69. The fourth-order valence-corrected chi connectivity index (χ4v) is 2.43. The third-order valence-electron chi connectivity index (χ3n) is 3.72. The van der Waals surface area contributed by atoms with E-state index in [1.165, 1.54) is 17.7 Å². The maximum absolute atomic E-state index is 5.73. The zero-order valence-corrected chi connectivity index (χ0v) is 11.2. The molecule has 1 unspecified atom stereocenters. The SMILES string of the molecule is CC(C)(C)c1ccc(N2CCC(CN)C2)cc1. The van der Waals surface area contributed by atoms with Crippen LogP contribution in [0.5, 0.6) is 0 Å².